The standard InChI is InChI=1S/C12H12N2O3S/c1-12(2,10(16)17)9(15)14-11-13-7-5-3-4-6-8(7)18-11/h3-6H,1-2H3,(H,16,17)(H,13,14,15). The Morgan fingerprint density at radius 2 is 2.00 bits per heavy atom. The zero-order chi connectivity index (χ0) is 13.3. The van der Waals surface area contributed by atoms with Crippen LogP contribution in [-0.4, -0.2) is 22.0 Å². The van der Waals surface area contributed by atoms with Crippen LogP contribution < -0.4 is 5.32 Å². The van der Waals surface area contributed by atoms with Gasteiger partial charge in [-0.3, -0.25) is 9.59 Å². The van der Waals surface area contributed by atoms with E-state index in [4.69, 9.17) is 5.11 Å². The Kier molecular flexibility index (Phi) is 3.04. The molecule has 1 aromatic carbocycles. The molecule has 0 unspecified atom stereocenters. The van der Waals surface area contributed by atoms with Crippen molar-refractivity contribution in [3.63, 3.8) is 0 Å². The van der Waals surface area contributed by atoms with Gasteiger partial charge in [0.15, 0.2) is 5.13 Å². The molecule has 0 aliphatic heterocycles. The summed E-state index contributed by atoms with van der Waals surface area (Å²) in [7, 11) is 0. The van der Waals surface area contributed by atoms with Crippen molar-refractivity contribution in [1.29, 1.82) is 0 Å². The maximum Gasteiger partial charge on any atom is 0.318 e. The molecule has 2 rings (SSSR count). The number of thiazole rings is 1. The number of aromatic nitrogens is 1. The van der Waals surface area contributed by atoms with Gasteiger partial charge in [0.25, 0.3) is 0 Å². The van der Waals surface area contributed by atoms with Crippen LogP contribution in [0.1, 0.15) is 13.8 Å². The molecule has 1 aromatic heterocycles. The first-order chi connectivity index (χ1) is 8.41. The maximum absolute atomic E-state index is 11.8. The first kappa shape index (κ1) is 12.5. The van der Waals surface area contributed by atoms with Crippen molar-refractivity contribution < 1.29 is 14.7 Å². The molecule has 0 spiro atoms. The lowest BCUT2D eigenvalue weighted by molar-refractivity contribution is -0.151. The van der Waals surface area contributed by atoms with Crippen LogP contribution in [0.3, 0.4) is 0 Å². The monoisotopic (exact) mass is 264 g/mol. The van der Waals surface area contributed by atoms with Crippen molar-refractivity contribution in [3.05, 3.63) is 24.3 Å². The number of carboxylic acid groups (broad SMARTS) is 1. The highest BCUT2D eigenvalue weighted by atomic mass is 32.1. The first-order valence-corrected chi connectivity index (χ1v) is 6.13. The molecule has 1 heterocycles. The Labute approximate surface area is 107 Å². The predicted octanol–water partition coefficient (Wildman–Crippen LogP) is 2.35. The fraction of sp³-hybridized carbons (Fsp3) is 0.250. The lowest BCUT2D eigenvalue weighted by Gasteiger charge is -2.16. The fourth-order valence-corrected chi connectivity index (χ4v) is 2.14. The van der Waals surface area contributed by atoms with Crippen LogP contribution in [0.25, 0.3) is 10.2 Å². The molecule has 0 atom stereocenters. The largest absolute Gasteiger partial charge is 0.480 e. The Hall–Kier alpha value is -1.95. The molecular weight excluding hydrogens is 252 g/mol. The molecule has 1 amide bonds. The van der Waals surface area contributed by atoms with Crippen LogP contribution in [0.5, 0.6) is 0 Å². The Morgan fingerprint density at radius 3 is 2.61 bits per heavy atom. The molecule has 0 fully saturated rings. The summed E-state index contributed by atoms with van der Waals surface area (Å²) < 4.78 is 0.945. The Morgan fingerprint density at radius 1 is 1.33 bits per heavy atom. The molecule has 2 N–H and O–H groups in total. The molecule has 0 aliphatic carbocycles. The highest BCUT2D eigenvalue weighted by Gasteiger charge is 2.36. The van der Waals surface area contributed by atoms with Gasteiger partial charge in [-0.25, -0.2) is 4.98 Å². The van der Waals surface area contributed by atoms with E-state index in [0.29, 0.717) is 5.13 Å². The predicted molar refractivity (Wildman–Crippen MR) is 69.7 cm³/mol. The van der Waals surface area contributed by atoms with E-state index >= 15 is 0 Å². The van der Waals surface area contributed by atoms with Crippen LogP contribution in [0.2, 0.25) is 0 Å². The Bertz CT molecular complexity index is 586. The van der Waals surface area contributed by atoms with E-state index < -0.39 is 17.3 Å². The second-order valence-corrected chi connectivity index (χ2v) is 5.40. The third-order valence-corrected chi connectivity index (χ3v) is 3.57. The quantitative estimate of drug-likeness (QED) is 0.834. The number of nitrogens with one attached hydrogen (secondary N) is 1. The number of anilines is 1. The molecule has 0 radical (unpaired) electrons. The van der Waals surface area contributed by atoms with Crippen LogP contribution in [0.4, 0.5) is 5.13 Å². The van der Waals surface area contributed by atoms with Crippen LogP contribution in [0.15, 0.2) is 24.3 Å². The lowest BCUT2D eigenvalue weighted by atomic mass is 9.93. The molecule has 2 aromatic rings. The smallest absolute Gasteiger partial charge is 0.318 e. The van der Waals surface area contributed by atoms with Crippen molar-refractivity contribution in [2.75, 3.05) is 5.32 Å². The number of hydrogen-bond acceptors (Lipinski definition) is 4. The summed E-state index contributed by atoms with van der Waals surface area (Å²) in [6.45, 7) is 2.72. The fourth-order valence-electron chi connectivity index (χ4n) is 1.28. The number of nitrogens with zero attached hydrogens (tertiary/aromatic N) is 1. The number of carbonyl (C=O) groups is 2. The summed E-state index contributed by atoms with van der Waals surface area (Å²) in [6, 6.07) is 7.47. The molecular formula is C12H12N2O3S. The van der Waals surface area contributed by atoms with E-state index in [0.717, 1.165) is 10.2 Å². The van der Waals surface area contributed by atoms with Gasteiger partial charge in [0, 0.05) is 0 Å². The second-order valence-electron chi connectivity index (χ2n) is 4.37. The number of para-hydroxylation sites is 1. The summed E-state index contributed by atoms with van der Waals surface area (Å²) in [5, 5.41) is 11.9. The zero-order valence-corrected chi connectivity index (χ0v) is 10.7. The minimum absolute atomic E-state index is 0.413. The average Bonchev–Trinajstić information content (AvgIpc) is 2.70. The number of benzene rings is 1. The summed E-state index contributed by atoms with van der Waals surface area (Å²) in [4.78, 5) is 27.0. The molecule has 94 valence electrons. The molecule has 5 nitrogen and oxygen atoms in total. The van der Waals surface area contributed by atoms with Crippen molar-refractivity contribution in [2.24, 2.45) is 5.41 Å². The number of hydrogen-bond donors (Lipinski definition) is 2. The van der Waals surface area contributed by atoms with Gasteiger partial charge >= 0.3 is 5.97 Å². The van der Waals surface area contributed by atoms with Crippen LogP contribution in [-0.2, 0) is 9.59 Å². The molecule has 18 heavy (non-hydrogen) atoms. The number of amides is 1. The number of fused-ring (bicyclic) bond motifs is 1. The molecule has 0 aliphatic rings. The number of rotatable bonds is 3. The summed E-state index contributed by atoms with van der Waals surface area (Å²) in [6.07, 6.45) is 0. The summed E-state index contributed by atoms with van der Waals surface area (Å²) in [5.41, 5.74) is -0.691. The molecule has 0 saturated heterocycles. The van der Waals surface area contributed by atoms with Gasteiger partial charge in [0.05, 0.1) is 10.2 Å². The van der Waals surface area contributed by atoms with Crippen molar-refractivity contribution in [2.45, 2.75) is 13.8 Å². The summed E-state index contributed by atoms with van der Waals surface area (Å²) in [5.74, 6) is -1.74. The van der Waals surface area contributed by atoms with E-state index in [1.807, 2.05) is 24.3 Å². The van der Waals surface area contributed by atoms with E-state index in [9.17, 15) is 9.59 Å². The molecule has 0 saturated carbocycles. The molecule has 0 bridgehead atoms. The van der Waals surface area contributed by atoms with Crippen molar-refractivity contribution in [1.82, 2.24) is 4.98 Å². The van der Waals surface area contributed by atoms with Gasteiger partial charge in [-0.2, -0.15) is 0 Å². The topological polar surface area (TPSA) is 79.3 Å². The summed E-state index contributed by atoms with van der Waals surface area (Å²) >= 11 is 1.32. The minimum atomic E-state index is -1.47. The Balaban J connectivity index is 2.24. The minimum Gasteiger partial charge on any atom is -0.480 e. The lowest BCUT2D eigenvalue weighted by Crippen LogP contribution is -2.37. The number of carboxylic acids is 1. The van der Waals surface area contributed by atoms with Gasteiger partial charge in [0.2, 0.25) is 5.91 Å². The van der Waals surface area contributed by atoms with Gasteiger partial charge < -0.3 is 10.4 Å². The molecule has 6 heteroatoms. The first-order valence-electron chi connectivity index (χ1n) is 5.31. The average molecular weight is 264 g/mol. The number of carbonyl (C=O) groups excluding carboxylic acids is 1. The van der Waals surface area contributed by atoms with E-state index in [2.05, 4.69) is 10.3 Å². The van der Waals surface area contributed by atoms with E-state index in [-0.39, 0.29) is 0 Å². The van der Waals surface area contributed by atoms with Gasteiger partial charge in [-0.05, 0) is 26.0 Å². The second kappa shape index (κ2) is 4.38. The van der Waals surface area contributed by atoms with Crippen LogP contribution in [0, 0.1) is 5.41 Å². The number of aliphatic carboxylic acids is 1. The van der Waals surface area contributed by atoms with Gasteiger partial charge in [-0.15, -0.1) is 0 Å². The highest BCUT2D eigenvalue weighted by molar-refractivity contribution is 7.22. The van der Waals surface area contributed by atoms with Crippen molar-refractivity contribution in [3.8, 4) is 0 Å². The SMILES string of the molecule is CC(C)(C(=O)O)C(=O)Nc1nc2ccccc2s1. The third-order valence-electron chi connectivity index (χ3n) is 2.62. The van der Waals surface area contributed by atoms with E-state index in [1.165, 1.54) is 25.2 Å². The van der Waals surface area contributed by atoms with E-state index in [1.54, 1.807) is 0 Å². The maximum atomic E-state index is 11.8. The third kappa shape index (κ3) is 2.19. The van der Waals surface area contributed by atoms with Crippen molar-refractivity contribution >= 4 is 38.6 Å². The van der Waals surface area contributed by atoms with Crippen LogP contribution >= 0.6 is 11.3 Å². The zero-order valence-electron chi connectivity index (χ0n) is 9.93. The van der Waals surface area contributed by atoms with Gasteiger partial charge in [-0.1, -0.05) is 23.5 Å². The van der Waals surface area contributed by atoms with Gasteiger partial charge in [0.1, 0.15) is 5.41 Å². The normalized spacial score (nSPS) is 11.4. The highest BCUT2D eigenvalue weighted by Crippen LogP contribution is 2.27.